The van der Waals surface area contributed by atoms with Crippen LogP contribution in [0.3, 0.4) is 0 Å². The molecule has 1 amide bonds. The second-order valence-corrected chi connectivity index (χ2v) is 7.82. The Morgan fingerprint density at radius 3 is 2.15 bits per heavy atom. The first-order valence-corrected chi connectivity index (χ1v) is 10.9. The number of amides is 1. The summed E-state index contributed by atoms with van der Waals surface area (Å²) >= 11 is 0. The van der Waals surface area contributed by atoms with Crippen molar-refractivity contribution in [2.75, 3.05) is 17.0 Å². The fraction of sp³-hybridized carbons (Fsp3) is 0.107. The summed E-state index contributed by atoms with van der Waals surface area (Å²) < 4.78 is 10.9. The summed E-state index contributed by atoms with van der Waals surface area (Å²) in [5.41, 5.74) is 3.67. The summed E-state index contributed by atoms with van der Waals surface area (Å²) in [6.45, 7) is 0.775. The molecule has 5 heteroatoms. The second kappa shape index (κ2) is 9.49. The highest BCUT2D eigenvalue weighted by molar-refractivity contribution is 5.98. The first kappa shape index (κ1) is 20.6. The molecule has 1 aliphatic heterocycles. The molecule has 0 aromatic heterocycles. The number of carbonyl (C=O) groups excluding carboxylic acids is 1. The van der Waals surface area contributed by atoms with Crippen LogP contribution in [-0.2, 0) is 11.3 Å². The molecule has 0 saturated heterocycles. The molecule has 0 unspecified atom stereocenters. The Morgan fingerprint density at radius 2 is 1.42 bits per heavy atom. The predicted molar refractivity (Wildman–Crippen MR) is 129 cm³/mol. The van der Waals surface area contributed by atoms with Crippen molar-refractivity contribution in [3.63, 3.8) is 0 Å². The average molecular weight is 437 g/mol. The molecule has 1 N–H and O–H groups in total. The minimum absolute atomic E-state index is 0.125. The summed E-state index contributed by atoms with van der Waals surface area (Å²) in [5.74, 6) is 1.19. The molecule has 4 aromatic carbocycles. The summed E-state index contributed by atoms with van der Waals surface area (Å²) in [6.07, 6.45) is 0. The largest absolute Gasteiger partial charge is 0.454 e. The molecule has 0 bridgehead atoms. The molecule has 0 fully saturated rings. The van der Waals surface area contributed by atoms with Gasteiger partial charge in [0.2, 0.25) is 6.79 Å². The molecular weight excluding hydrogens is 412 g/mol. The molecule has 1 atom stereocenters. The van der Waals surface area contributed by atoms with Gasteiger partial charge in [0.25, 0.3) is 5.91 Å². The number of benzene rings is 4. The number of hydrogen-bond donors (Lipinski definition) is 1. The van der Waals surface area contributed by atoms with Crippen LogP contribution in [0.5, 0.6) is 11.5 Å². The maximum Gasteiger partial charge on any atom is 0.251 e. The third-order valence-corrected chi connectivity index (χ3v) is 5.60. The van der Waals surface area contributed by atoms with E-state index < -0.39 is 6.04 Å². The zero-order chi connectivity index (χ0) is 22.5. The van der Waals surface area contributed by atoms with Gasteiger partial charge in [0.05, 0.1) is 0 Å². The third-order valence-electron chi connectivity index (χ3n) is 5.60. The number of hydrogen-bond acceptors (Lipinski definition) is 4. The lowest BCUT2D eigenvalue weighted by atomic mass is 10.0. The van der Waals surface area contributed by atoms with Crippen molar-refractivity contribution in [2.24, 2.45) is 0 Å². The molecule has 0 radical (unpaired) electrons. The van der Waals surface area contributed by atoms with Crippen LogP contribution in [0.25, 0.3) is 0 Å². The first-order chi connectivity index (χ1) is 16.3. The van der Waals surface area contributed by atoms with Gasteiger partial charge in [-0.3, -0.25) is 4.79 Å². The lowest BCUT2D eigenvalue weighted by molar-refractivity contribution is -0.117. The predicted octanol–water partition coefficient (Wildman–Crippen LogP) is 5.80. The van der Waals surface area contributed by atoms with E-state index in [2.05, 4.69) is 22.3 Å². The average Bonchev–Trinajstić information content (AvgIpc) is 3.33. The molecule has 164 valence electrons. The smallest absolute Gasteiger partial charge is 0.251 e. The third kappa shape index (κ3) is 4.67. The quantitative estimate of drug-likeness (QED) is 0.398. The summed E-state index contributed by atoms with van der Waals surface area (Å²) in [4.78, 5) is 15.9. The molecule has 5 nitrogen and oxygen atoms in total. The highest BCUT2D eigenvalue weighted by Gasteiger charge is 2.29. The number of nitrogens with one attached hydrogen (secondary N) is 1. The van der Waals surface area contributed by atoms with Gasteiger partial charge in [-0.1, -0.05) is 78.9 Å². The minimum atomic E-state index is -0.542. The van der Waals surface area contributed by atoms with Gasteiger partial charge in [-0.25, -0.2) is 0 Å². The van der Waals surface area contributed by atoms with Crippen molar-refractivity contribution in [1.29, 1.82) is 0 Å². The van der Waals surface area contributed by atoms with Crippen molar-refractivity contribution < 1.29 is 14.3 Å². The van der Waals surface area contributed by atoms with Crippen LogP contribution < -0.4 is 19.7 Å². The van der Waals surface area contributed by atoms with E-state index in [9.17, 15) is 4.79 Å². The van der Waals surface area contributed by atoms with Crippen molar-refractivity contribution in [3.8, 4) is 11.5 Å². The van der Waals surface area contributed by atoms with Gasteiger partial charge in [0, 0.05) is 24.0 Å². The van der Waals surface area contributed by atoms with Crippen molar-refractivity contribution in [3.05, 3.63) is 120 Å². The Balaban J connectivity index is 1.52. The van der Waals surface area contributed by atoms with Crippen LogP contribution in [0.4, 0.5) is 11.4 Å². The standard InChI is InChI=1S/C28H24N2O3/c31-28(29-23-16-17-25-26(18-23)33-20-32-25)27(22-12-6-2-7-13-22)30(24-14-8-3-9-15-24)19-21-10-4-1-5-11-21/h1-18,27H,19-20H2,(H,29,31)/t27-/m1/s1. The fourth-order valence-corrected chi connectivity index (χ4v) is 4.02. The Hall–Kier alpha value is -4.25. The van der Waals surface area contributed by atoms with Gasteiger partial charge in [0.1, 0.15) is 6.04 Å². The number of nitrogens with zero attached hydrogens (tertiary/aromatic N) is 1. The van der Waals surface area contributed by atoms with Crippen molar-refractivity contribution in [1.82, 2.24) is 0 Å². The highest BCUT2D eigenvalue weighted by Crippen LogP contribution is 2.35. The number of para-hydroxylation sites is 1. The monoisotopic (exact) mass is 436 g/mol. The Bertz CT molecular complexity index is 1210. The van der Waals surface area contributed by atoms with Crippen LogP contribution in [0.15, 0.2) is 109 Å². The zero-order valence-electron chi connectivity index (χ0n) is 18.1. The van der Waals surface area contributed by atoms with E-state index in [1.54, 1.807) is 6.07 Å². The van der Waals surface area contributed by atoms with Gasteiger partial charge in [0.15, 0.2) is 11.5 Å². The number of rotatable bonds is 7. The van der Waals surface area contributed by atoms with Gasteiger partial charge >= 0.3 is 0 Å². The van der Waals surface area contributed by atoms with E-state index >= 15 is 0 Å². The summed E-state index contributed by atoms with van der Waals surface area (Å²) in [7, 11) is 0. The van der Waals surface area contributed by atoms with E-state index in [-0.39, 0.29) is 12.7 Å². The lowest BCUT2D eigenvalue weighted by Crippen LogP contribution is -2.37. The number of ether oxygens (including phenoxy) is 2. The summed E-state index contributed by atoms with van der Waals surface area (Å²) in [5, 5.41) is 3.09. The number of fused-ring (bicyclic) bond motifs is 1. The molecule has 5 rings (SSSR count). The van der Waals surface area contributed by atoms with Crippen molar-refractivity contribution >= 4 is 17.3 Å². The molecule has 1 heterocycles. The van der Waals surface area contributed by atoms with Crippen LogP contribution >= 0.6 is 0 Å². The van der Waals surface area contributed by atoms with E-state index in [1.807, 2.05) is 91.0 Å². The van der Waals surface area contributed by atoms with Crippen LogP contribution in [0.2, 0.25) is 0 Å². The minimum Gasteiger partial charge on any atom is -0.454 e. The summed E-state index contributed by atoms with van der Waals surface area (Å²) in [6, 6.07) is 35.0. The van der Waals surface area contributed by atoms with E-state index in [0.717, 1.165) is 16.8 Å². The molecule has 0 saturated carbocycles. The normalized spacial score (nSPS) is 12.7. The van der Waals surface area contributed by atoms with Gasteiger partial charge in [-0.05, 0) is 35.4 Å². The Kier molecular flexibility index (Phi) is 5.93. The molecule has 0 spiro atoms. The molecule has 1 aliphatic rings. The molecular formula is C28H24N2O3. The van der Waals surface area contributed by atoms with Crippen molar-refractivity contribution in [2.45, 2.75) is 12.6 Å². The Labute approximate surface area is 193 Å². The van der Waals surface area contributed by atoms with Crippen LogP contribution in [-0.4, -0.2) is 12.7 Å². The maximum absolute atomic E-state index is 13.8. The molecule has 33 heavy (non-hydrogen) atoms. The SMILES string of the molecule is O=C(Nc1ccc2c(c1)OCO2)[C@@H](c1ccccc1)N(Cc1ccccc1)c1ccccc1. The lowest BCUT2D eigenvalue weighted by Gasteiger charge is -2.33. The second-order valence-electron chi connectivity index (χ2n) is 7.82. The van der Waals surface area contributed by atoms with E-state index in [0.29, 0.717) is 23.7 Å². The first-order valence-electron chi connectivity index (χ1n) is 10.9. The molecule has 4 aromatic rings. The highest BCUT2D eigenvalue weighted by atomic mass is 16.7. The van der Waals surface area contributed by atoms with Gasteiger partial charge < -0.3 is 19.7 Å². The zero-order valence-corrected chi connectivity index (χ0v) is 18.1. The van der Waals surface area contributed by atoms with Gasteiger partial charge in [-0.15, -0.1) is 0 Å². The van der Waals surface area contributed by atoms with E-state index in [1.165, 1.54) is 0 Å². The van der Waals surface area contributed by atoms with Crippen LogP contribution in [0, 0.1) is 0 Å². The molecule has 0 aliphatic carbocycles. The Morgan fingerprint density at radius 1 is 0.788 bits per heavy atom. The van der Waals surface area contributed by atoms with E-state index in [4.69, 9.17) is 9.47 Å². The maximum atomic E-state index is 13.8. The van der Waals surface area contributed by atoms with Gasteiger partial charge in [-0.2, -0.15) is 0 Å². The fourth-order valence-electron chi connectivity index (χ4n) is 4.02. The van der Waals surface area contributed by atoms with Crippen LogP contribution in [0.1, 0.15) is 17.2 Å². The topological polar surface area (TPSA) is 50.8 Å². The number of carbonyl (C=O) groups is 1. The number of anilines is 2.